The Balaban J connectivity index is 1.91. The molecular weight excluding hydrogens is 288 g/mol. The molecule has 1 aliphatic rings. The molecule has 4 nitrogen and oxygen atoms in total. The van der Waals surface area contributed by atoms with Crippen molar-refractivity contribution < 1.29 is 9.84 Å². The molecule has 1 aromatic carbocycles. The number of aliphatic hydroxyl groups excluding tert-OH is 1. The normalized spacial score (nSPS) is 18.3. The first-order valence-corrected chi connectivity index (χ1v) is 8.80. The highest BCUT2D eigenvalue weighted by atomic mass is 16.5. The molecule has 1 aliphatic heterocycles. The number of hydrogen-bond acceptors (Lipinski definition) is 4. The second-order valence-corrected chi connectivity index (χ2v) is 7.05. The van der Waals surface area contributed by atoms with Crippen molar-refractivity contribution in [3.05, 3.63) is 29.8 Å². The number of benzene rings is 1. The number of nitrogens with zero attached hydrogens (tertiary/aromatic N) is 1. The van der Waals surface area contributed by atoms with Crippen LogP contribution in [-0.4, -0.2) is 49.5 Å². The van der Waals surface area contributed by atoms with Crippen LogP contribution in [-0.2, 0) is 11.3 Å². The fourth-order valence-corrected chi connectivity index (χ4v) is 3.14. The molecule has 0 amide bonds. The molecule has 23 heavy (non-hydrogen) atoms. The number of methoxy groups -OCH3 is 1. The van der Waals surface area contributed by atoms with E-state index in [1.807, 2.05) is 0 Å². The van der Waals surface area contributed by atoms with E-state index >= 15 is 0 Å². The maximum Gasteiger partial charge on any atom is 0.0666 e. The van der Waals surface area contributed by atoms with Gasteiger partial charge < -0.3 is 15.2 Å². The van der Waals surface area contributed by atoms with Crippen molar-refractivity contribution in [2.45, 2.75) is 39.3 Å². The van der Waals surface area contributed by atoms with Crippen LogP contribution in [0.2, 0.25) is 0 Å². The van der Waals surface area contributed by atoms with E-state index in [4.69, 9.17) is 4.74 Å². The summed E-state index contributed by atoms with van der Waals surface area (Å²) in [5.74, 6) is 1.02. The van der Waals surface area contributed by atoms with Gasteiger partial charge in [-0.05, 0) is 55.5 Å². The lowest BCUT2D eigenvalue weighted by Gasteiger charge is -2.31. The smallest absolute Gasteiger partial charge is 0.0666 e. The highest BCUT2D eigenvalue weighted by molar-refractivity contribution is 5.46. The van der Waals surface area contributed by atoms with Crippen LogP contribution in [0.1, 0.15) is 32.3 Å². The minimum Gasteiger partial charge on any atom is -0.396 e. The van der Waals surface area contributed by atoms with Crippen molar-refractivity contribution in [3.63, 3.8) is 0 Å². The van der Waals surface area contributed by atoms with Crippen LogP contribution >= 0.6 is 0 Å². The Labute approximate surface area is 140 Å². The van der Waals surface area contributed by atoms with Crippen LogP contribution in [0, 0.1) is 11.8 Å². The largest absolute Gasteiger partial charge is 0.396 e. The fraction of sp³-hybridized carbons (Fsp3) is 0.684. The minimum atomic E-state index is 0.329. The summed E-state index contributed by atoms with van der Waals surface area (Å²) in [6.07, 6.45) is 2.22. The second kappa shape index (κ2) is 9.26. The lowest BCUT2D eigenvalue weighted by Crippen LogP contribution is -2.34. The summed E-state index contributed by atoms with van der Waals surface area (Å²) >= 11 is 0. The Morgan fingerprint density at radius 3 is 2.65 bits per heavy atom. The van der Waals surface area contributed by atoms with Gasteiger partial charge in [-0.2, -0.15) is 0 Å². The maximum absolute atomic E-state index is 9.24. The molecule has 1 heterocycles. The van der Waals surface area contributed by atoms with E-state index in [0.29, 0.717) is 24.5 Å². The molecular formula is C19H32N2O2. The van der Waals surface area contributed by atoms with Crippen LogP contribution in [0.15, 0.2) is 24.3 Å². The van der Waals surface area contributed by atoms with Crippen LogP contribution in [0.25, 0.3) is 0 Å². The van der Waals surface area contributed by atoms with Crippen LogP contribution in [0.3, 0.4) is 0 Å². The van der Waals surface area contributed by atoms with E-state index in [-0.39, 0.29) is 0 Å². The van der Waals surface area contributed by atoms with E-state index in [0.717, 1.165) is 39.1 Å². The van der Waals surface area contributed by atoms with E-state index < -0.39 is 0 Å². The fourth-order valence-electron chi connectivity index (χ4n) is 3.14. The minimum absolute atomic E-state index is 0.329. The Kier molecular flexibility index (Phi) is 7.34. The van der Waals surface area contributed by atoms with Gasteiger partial charge in [0.1, 0.15) is 0 Å². The molecule has 0 spiro atoms. The van der Waals surface area contributed by atoms with Crippen LogP contribution in [0.4, 0.5) is 5.69 Å². The van der Waals surface area contributed by atoms with Crippen molar-refractivity contribution in [1.29, 1.82) is 0 Å². The van der Waals surface area contributed by atoms with Crippen LogP contribution < -0.4 is 5.32 Å². The van der Waals surface area contributed by atoms with E-state index in [2.05, 4.69) is 48.3 Å². The summed E-state index contributed by atoms with van der Waals surface area (Å²) in [6, 6.07) is 9.04. The second-order valence-electron chi connectivity index (χ2n) is 7.05. The first-order chi connectivity index (χ1) is 11.1. The van der Waals surface area contributed by atoms with Gasteiger partial charge in [0.2, 0.25) is 0 Å². The van der Waals surface area contributed by atoms with Crippen LogP contribution in [0.5, 0.6) is 0 Å². The third-order valence-corrected chi connectivity index (χ3v) is 4.80. The quantitative estimate of drug-likeness (QED) is 0.773. The third kappa shape index (κ3) is 5.79. The SMILES string of the molecule is COCC(Nc1cccc(CN2CCC(CO)CC2)c1)C(C)C. The lowest BCUT2D eigenvalue weighted by molar-refractivity contribution is 0.127. The molecule has 4 heteroatoms. The summed E-state index contributed by atoms with van der Waals surface area (Å²) in [6.45, 7) is 8.64. The lowest BCUT2D eigenvalue weighted by atomic mass is 9.97. The van der Waals surface area contributed by atoms with Gasteiger partial charge >= 0.3 is 0 Å². The first kappa shape index (κ1) is 18.2. The van der Waals surface area contributed by atoms with Gasteiger partial charge in [-0.25, -0.2) is 0 Å². The molecule has 0 radical (unpaired) electrons. The summed E-state index contributed by atoms with van der Waals surface area (Å²) in [7, 11) is 1.75. The molecule has 1 saturated heterocycles. The van der Waals surface area contributed by atoms with Gasteiger partial charge in [-0.1, -0.05) is 26.0 Å². The van der Waals surface area contributed by atoms with Gasteiger partial charge in [-0.3, -0.25) is 4.90 Å². The third-order valence-electron chi connectivity index (χ3n) is 4.80. The highest BCUT2D eigenvalue weighted by Crippen LogP contribution is 2.20. The maximum atomic E-state index is 9.24. The summed E-state index contributed by atoms with van der Waals surface area (Å²) in [4.78, 5) is 2.49. The predicted molar refractivity (Wildman–Crippen MR) is 95.7 cm³/mol. The van der Waals surface area contributed by atoms with Crippen molar-refractivity contribution >= 4 is 5.69 Å². The molecule has 0 bridgehead atoms. The molecule has 0 saturated carbocycles. The summed E-state index contributed by atoms with van der Waals surface area (Å²) < 4.78 is 5.32. The number of nitrogens with one attached hydrogen (secondary N) is 1. The Morgan fingerprint density at radius 1 is 1.30 bits per heavy atom. The molecule has 0 aromatic heterocycles. The van der Waals surface area contributed by atoms with E-state index in [1.54, 1.807) is 7.11 Å². The molecule has 2 N–H and O–H groups in total. The number of anilines is 1. The van der Waals surface area contributed by atoms with E-state index in [9.17, 15) is 5.11 Å². The Morgan fingerprint density at radius 2 is 2.04 bits per heavy atom. The predicted octanol–water partition coefficient (Wildman–Crippen LogP) is 2.97. The number of piperidine rings is 1. The molecule has 1 aromatic rings. The molecule has 0 aliphatic carbocycles. The Hall–Kier alpha value is -1.10. The topological polar surface area (TPSA) is 44.7 Å². The molecule has 1 fully saturated rings. The van der Waals surface area contributed by atoms with Gasteiger partial charge in [0.15, 0.2) is 0 Å². The number of hydrogen-bond donors (Lipinski definition) is 2. The number of aliphatic hydroxyl groups is 1. The van der Waals surface area contributed by atoms with Gasteiger partial charge in [0.25, 0.3) is 0 Å². The molecule has 1 atom stereocenters. The standard InChI is InChI=1S/C19H32N2O2/c1-15(2)19(14-23-3)20-18-6-4-5-17(11-18)12-21-9-7-16(13-22)8-10-21/h4-6,11,15-16,19-20,22H,7-10,12-14H2,1-3H3. The van der Waals surface area contributed by atoms with Crippen molar-refractivity contribution in [2.24, 2.45) is 11.8 Å². The summed E-state index contributed by atoms with van der Waals surface area (Å²) in [5, 5.41) is 12.8. The first-order valence-electron chi connectivity index (χ1n) is 8.80. The average molecular weight is 320 g/mol. The number of ether oxygens (including phenoxy) is 1. The zero-order valence-corrected chi connectivity index (χ0v) is 14.8. The average Bonchev–Trinajstić information content (AvgIpc) is 2.55. The highest BCUT2D eigenvalue weighted by Gasteiger charge is 2.18. The molecule has 2 rings (SSSR count). The molecule has 1 unspecified atom stereocenters. The van der Waals surface area contributed by atoms with Gasteiger partial charge in [0.05, 0.1) is 12.6 Å². The zero-order chi connectivity index (χ0) is 16.7. The zero-order valence-electron chi connectivity index (χ0n) is 14.8. The van der Waals surface area contributed by atoms with Gasteiger partial charge in [0, 0.05) is 25.9 Å². The number of rotatable bonds is 8. The Bertz CT molecular complexity index is 456. The van der Waals surface area contributed by atoms with Crippen molar-refractivity contribution in [3.8, 4) is 0 Å². The monoisotopic (exact) mass is 320 g/mol. The van der Waals surface area contributed by atoms with Crippen molar-refractivity contribution in [1.82, 2.24) is 4.90 Å². The van der Waals surface area contributed by atoms with E-state index in [1.165, 1.54) is 11.3 Å². The number of likely N-dealkylation sites (tertiary alicyclic amines) is 1. The molecule has 130 valence electrons. The van der Waals surface area contributed by atoms with Crippen molar-refractivity contribution in [2.75, 3.05) is 38.7 Å². The van der Waals surface area contributed by atoms with Gasteiger partial charge in [-0.15, -0.1) is 0 Å². The summed E-state index contributed by atoms with van der Waals surface area (Å²) in [5.41, 5.74) is 2.51.